The number of carbonyl (C=O) groups is 3. The lowest BCUT2D eigenvalue weighted by atomic mass is 10.0. The maximum atomic E-state index is 12.7. The molecule has 0 radical (unpaired) electrons. The van der Waals surface area contributed by atoms with Gasteiger partial charge in [-0.25, -0.2) is 0 Å². The number of carbonyl (C=O) groups excluding carboxylic acids is 3. The van der Waals surface area contributed by atoms with Gasteiger partial charge in [-0.05, 0) is 25.2 Å². The van der Waals surface area contributed by atoms with E-state index in [0.717, 1.165) is 63.7 Å². The van der Waals surface area contributed by atoms with Gasteiger partial charge in [-0.15, -0.1) is 0 Å². The Labute approximate surface area is 368 Å². The van der Waals surface area contributed by atoms with Gasteiger partial charge >= 0.3 is 17.9 Å². The van der Waals surface area contributed by atoms with Gasteiger partial charge in [0.05, 0.1) is 0 Å². The summed E-state index contributed by atoms with van der Waals surface area (Å²) < 4.78 is 16.7. The second-order valence-corrected chi connectivity index (χ2v) is 18.6. The molecule has 0 saturated carbocycles. The molecule has 6 nitrogen and oxygen atoms in total. The van der Waals surface area contributed by atoms with E-state index in [9.17, 15) is 14.4 Å². The minimum atomic E-state index is -0.759. The fourth-order valence-electron chi connectivity index (χ4n) is 8.04. The molecule has 0 fully saturated rings. The summed E-state index contributed by atoms with van der Waals surface area (Å²) >= 11 is 0. The van der Waals surface area contributed by atoms with Crippen molar-refractivity contribution in [2.75, 3.05) is 13.2 Å². The molecule has 0 rings (SSSR count). The molecular weight excluding hydrogens is 733 g/mol. The van der Waals surface area contributed by atoms with Gasteiger partial charge in [0.2, 0.25) is 0 Å². The first-order valence-electron chi connectivity index (χ1n) is 26.4. The summed E-state index contributed by atoms with van der Waals surface area (Å²) in [7, 11) is 0. The topological polar surface area (TPSA) is 78.9 Å². The normalized spacial score (nSPS) is 11.9. The van der Waals surface area contributed by atoms with Crippen LogP contribution in [0.4, 0.5) is 0 Å². The van der Waals surface area contributed by atoms with Crippen molar-refractivity contribution in [2.24, 2.45) is 5.92 Å². The molecule has 350 valence electrons. The predicted molar refractivity (Wildman–Crippen MR) is 252 cm³/mol. The molecule has 0 aliphatic rings. The van der Waals surface area contributed by atoms with Crippen molar-refractivity contribution in [3.05, 3.63) is 0 Å². The highest BCUT2D eigenvalue weighted by atomic mass is 16.6. The third kappa shape index (κ3) is 47.3. The minimum Gasteiger partial charge on any atom is -0.462 e. The SMILES string of the molecule is CCCCCCCCCCCCCCCC(=O)OC[C@H](COC(=O)CCCCCCCCCCCCCCCCCCCCC(C)C)OC(=O)CCCCCCCCC. The number of rotatable bonds is 48. The Morgan fingerprint density at radius 3 is 0.831 bits per heavy atom. The zero-order valence-corrected chi connectivity index (χ0v) is 40.2. The fourth-order valence-corrected chi connectivity index (χ4v) is 8.04. The summed E-state index contributed by atoms with van der Waals surface area (Å²) in [5, 5.41) is 0. The van der Waals surface area contributed by atoms with E-state index in [1.807, 2.05) is 0 Å². The Morgan fingerprint density at radius 2 is 0.559 bits per heavy atom. The summed E-state index contributed by atoms with van der Waals surface area (Å²) in [6, 6.07) is 0. The second kappa shape index (κ2) is 47.5. The minimum absolute atomic E-state index is 0.0632. The molecule has 0 spiro atoms. The molecule has 0 bridgehead atoms. The lowest BCUT2D eigenvalue weighted by Crippen LogP contribution is -2.30. The monoisotopic (exact) mass is 835 g/mol. The maximum absolute atomic E-state index is 12.7. The second-order valence-electron chi connectivity index (χ2n) is 18.6. The van der Waals surface area contributed by atoms with Crippen molar-refractivity contribution < 1.29 is 28.6 Å². The molecule has 0 saturated heterocycles. The summed E-state index contributed by atoms with van der Waals surface area (Å²) in [4.78, 5) is 37.8. The Bertz CT molecular complexity index is 887. The zero-order chi connectivity index (χ0) is 43.1. The van der Waals surface area contributed by atoms with Crippen LogP contribution in [0, 0.1) is 5.92 Å². The van der Waals surface area contributed by atoms with Crippen molar-refractivity contribution in [3.63, 3.8) is 0 Å². The van der Waals surface area contributed by atoms with Crippen molar-refractivity contribution in [1.82, 2.24) is 0 Å². The van der Waals surface area contributed by atoms with Gasteiger partial charge in [0, 0.05) is 19.3 Å². The summed E-state index contributed by atoms with van der Waals surface area (Å²) in [5.74, 6) is 0.00832. The predicted octanol–water partition coefficient (Wildman–Crippen LogP) is 17.1. The molecule has 0 unspecified atom stereocenters. The van der Waals surface area contributed by atoms with Crippen LogP contribution in [-0.2, 0) is 28.6 Å². The molecule has 0 heterocycles. The quantitative estimate of drug-likeness (QED) is 0.0345. The highest BCUT2D eigenvalue weighted by Crippen LogP contribution is 2.17. The molecule has 0 aromatic carbocycles. The van der Waals surface area contributed by atoms with E-state index in [1.165, 1.54) is 193 Å². The number of hydrogen-bond donors (Lipinski definition) is 0. The van der Waals surface area contributed by atoms with E-state index in [4.69, 9.17) is 14.2 Å². The van der Waals surface area contributed by atoms with Crippen LogP contribution in [0.5, 0.6) is 0 Å². The molecule has 0 aliphatic carbocycles. The Balaban J connectivity index is 4.09. The third-order valence-electron chi connectivity index (χ3n) is 12.0. The number of esters is 3. The van der Waals surface area contributed by atoms with E-state index in [1.54, 1.807) is 0 Å². The highest BCUT2D eigenvalue weighted by Gasteiger charge is 2.19. The molecule has 0 aliphatic heterocycles. The third-order valence-corrected chi connectivity index (χ3v) is 12.0. The Hall–Kier alpha value is -1.59. The first-order valence-corrected chi connectivity index (χ1v) is 26.4. The molecule has 0 N–H and O–H groups in total. The number of unbranched alkanes of at least 4 members (excludes halogenated alkanes) is 35. The van der Waals surface area contributed by atoms with Crippen LogP contribution in [0.1, 0.15) is 297 Å². The molecular formula is C53H102O6. The van der Waals surface area contributed by atoms with Gasteiger partial charge < -0.3 is 14.2 Å². The van der Waals surface area contributed by atoms with Gasteiger partial charge in [-0.3, -0.25) is 14.4 Å². The van der Waals surface area contributed by atoms with Gasteiger partial charge in [-0.1, -0.05) is 259 Å². The van der Waals surface area contributed by atoms with Crippen LogP contribution in [0.15, 0.2) is 0 Å². The van der Waals surface area contributed by atoms with E-state index in [-0.39, 0.29) is 31.1 Å². The first-order chi connectivity index (χ1) is 28.9. The lowest BCUT2D eigenvalue weighted by Gasteiger charge is -2.18. The van der Waals surface area contributed by atoms with Crippen LogP contribution in [0.25, 0.3) is 0 Å². The summed E-state index contributed by atoms with van der Waals surface area (Å²) in [6.45, 7) is 9.01. The highest BCUT2D eigenvalue weighted by molar-refractivity contribution is 5.71. The van der Waals surface area contributed by atoms with Crippen molar-refractivity contribution in [2.45, 2.75) is 303 Å². The molecule has 6 heteroatoms. The largest absolute Gasteiger partial charge is 0.462 e. The van der Waals surface area contributed by atoms with E-state index >= 15 is 0 Å². The van der Waals surface area contributed by atoms with Crippen molar-refractivity contribution >= 4 is 17.9 Å². The van der Waals surface area contributed by atoms with Crippen molar-refractivity contribution in [1.29, 1.82) is 0 Å². The van der Waals surface area contributed by atoms with Crippen LogP contribution in [0.2, 0.25) is 0 Å². The van der Waals surface area contributed by atoms with Crippen LogP contribution >= 0.6 is 0 Å². The van der Waals surface area contributed by atoms with Gasteiger partial charge in [0.15, 0.2) is 6.10 Å². The maximum Gasteiger partial charge on any atom is 0.306 e. The van der Waals surface area contributed by atoms with Crippen LogP contribution in [-0.4, -0.2) is 37.2 Å². The molecule has 0 aromatic rings. The molecule has 0 amide bonds. The number of ether oxygens (including phenoxy) is 3. The van der Waals surface area contributed by atoms with Gasteiger partial charge in [-0.2, -0.15) is 0 Å². The summed E-state index contributed by atoms with van der Waals surface area (Å²) in [6.07, 6.45) is 49.7. The fraction of sp³-hybridized carbons (Fsp3) is 0.943. The van der Waals surface area contributed by atoms with E-state index in [2.05, 4.69) is 27.7 Å². The zero-order valence-electron chi connectivity index (χ0n) is 40.2. The van der Waals surface area contributed by atoms with Crippen molar-refractivity contribution in [3.8, 4) is 0 Å². The Kier molecular flexibility index (Phi) is 46.2. The van der Waals surface area contributed by atoms with Crippen LogP contribution < -0.4 is 0 Å². The van der Waals surface area contributed by atoms with E-state index in [0.29, 0.717) is 19.3 Å². The van der Waals surface area contributed by atoms with Gasteiger partial charge in [0.1, 0.15) is 13.2 Å². The average molecular weight is 835 g/mol. The average Bonchev–Trinajstić information content (AvgIpc) is 3.22. The Morgan fingerprint density at radius 1 is 0.322 bits per heavy atom. The van der Waals surface area contributed by atoms with Crippen LogP contribution in [0.3, 0.4) is 0 Å². The lowest BCUT2D eigenvalue weighted by molar-refractivity contribution is -0.167. The standard InChI is InChI=1S/C53H102O6/c1-5-7-9-11-13-14-15-22-26-29-33-36-40-44-51(54)57-47-50(59-53(56)46-42-38-31-12-10-8-6-2)48-58-52(55)45-41-37-34-30-27-24-21-19-17-16-18-20-23-25-28-32-35-39-43-49(3)4/h49-50H,5-48H2,1-4H3/t50-/m1/s1. The number of hydrogen-bond acceptors (Lipinski definition) is 6. The molecule has 59 heavy (non-hydrogen) atoms. The molecule has 0 aromatic heterocycles. The first kappa shape index (κ1) is 57.4. The van der Waals surface area contributed by atoms with Gasteiger partial charge in [0.25, 0.3) is 0 Å². The summed E-state index contributed by atoms with van der Waals surface area (Å²) in [5.41, 5.74) is 0. The smallest absolute Gasteiger partial charge is 0.306 e. The van der Waals surface area contributed by atoms with E-state index < -0.39 is 6.10 Å². The molecule has 1 atom stereocenters.